The Morgan fingerprint density at radius 2 is 2.30 bits per heavy atom. The molecular formula is C7H9N2Y-. The fourth-order valence-electron chi connectivity index (χ4n) is 0.615. The van der Waals surface area contributed by atoms with Crippen LogP contribution in [0.2, 0.25) is 0 Å². The minimum absolute atomic E-state index is 0. The first kappa shape index (κ1) is 10.1. The third kappa shape index (κ3) is 2.76. The molecule has 1 radical (unpaired) electrons. The van der Waals surface area contributed by atoms with Crippen molar-refractivity contribution in [2.24, 2.45) is 0 Å². The monoisotopic (exact) mass is 210 g/mol. The van der Waals surface area contributed by atoms with Gasteiger partial charge in [-0.1, -0.05) is 0 Å². The second-order valence-electron chi connectivity index (χ2n) is 1.83. The number of nitrogens with one attached hydrogen (secondary N) is 1. The summed E-state index contributed by atoms with van der Waals surface area (Å²) in [6.45, 7) is 1.95. The van der Waals surface area contributed by atoms with Crippen molar-refractivity contribution < 1.29 is 32.7 Å². The molecule has 0 bridgehead atoms. The summed E-state index contributed by atoms with van der Waals surface area (Å²) in [5.74, 6) is 0.801. The standard InChI is InChI=1S/C7H9N2.Y/c1-6-4-3-5-7(8-2)9-6;/h3-4H,1-2H3,(H,8,9);/q-1;. The molecule has 0 aromatic carbocycles. The average Bonchev–Trinajstić information content (AvgIpc) is 1.88. The topological polar surface area (TPSA) is 24.9 Å². The van der Waals surface area contributed by atoms with E-state index in [1.807, 2.05) is 26.1 Å². The molecule has 0 saturated heterocycles. The number of aromatic nitrogens is 1. The molecule has 51 valence electrons. The molecule has 1 heterocycles. The summed E-state index contributed by atoms with van der Waals surface area (Å²) in [5.41, 5.74) is 1.01. The molecule has 0 spiro atoms. The number of aryl methyl sites for hydroxylation is 1. The van der Waals surface area contributed by atoms with Crippen molar-refractivity contribution in [3.8, 4) is 0 Å². The van der Waals surface area contributed by atoms with Crippen LogP contribution in [0.3, 0.4) is 0 Å². The molecule has 1 rings (SSSR count). The minimum Gasteiger partial charge on any atom is -0.389 e. The third-order valence-electron chi connectivity index (χ3n) is 1.07. The molecule has 3 heteroatoms. The second kappa shape index (κ2) is 4.81. The molecule has 1 aromatic heterocycles. The average molecular weight is 210 g/mol. The van der Waals surface area contributed by atoms with Crippen molar-refractivity contribution in [3.63, 3.8) is 0 Å². The van der Waals surface area contributed by atoms with Crippen molar-refractivity contribution >= 4 is 5.82 Å². The molecule has 0 atom stereocenters. The van der Waals surface area contributed by atoms with E-state index in [1.54, 1.807) is 0 Å². The first-order chi connectivity index (χ1) is 4.33. The van der Waals surface area contributed by atoms with Crippen LogP contribution >= 0.6 is 0 Å². The van der Waals surface area contributed by atoms with Crippen LogP contribution in [-0.4, -0.2) is 12.0 Å². The van der Waals surface area contributed by atoms with Crippen LogP contribution in [0.1, 0.15) is 5.69 Å². The van der Waals surface area contributed by atoms with Gasteiger partial charge in [-0.05, 0) is 12.6 Å². The van der Waals surface area contributed by atoms with E-state index >= 15 is 0 Å². The van der Waals surface area contributed by atoms with E-state index in [-0.39, 0.29) is 32.7 Å². The Morgan fingerprint density at radius 1 is 1.60 bits per heavy atom. The van der Waals surface area contributed by atoms with Gasteiger partial charge in [-0.3, -0.25) is 4.98 Å². The Morgan fingerprint density at radius 3 is 2.70 bits per heavy atom. The number of hydrogen-bond donors (Lipinski definition) is 1. The summed E-state index contributed by atoms with van der Waals surface area (Å²) in [4.78, 5) is 4.12. The van der Waals surface area contributed by atoms with Gasteiger partial charge in [0.15, 0.2) is 0 Å². The van der Waals surface area contributed by atoms with E-state index in [0.29, 0.717) is 0 Å². The number of nitrogens with zero attached hydrogens (tertiary/aromatic N) is 1. The van der Waals surface area contributed by atoms with E-state index in [0.717, 1.165) is 11.5 Å². The molecule has 1 aromatic rings. The molecule has 0 unspecified atom stereocenters. The normalized spacial score (nSPS) is 8.20. The van der Waals surface area contributed by atoms with Crippen molar-refractivity contribution in [1.29, 1.82) is 0 Å². The molecule has 0 aliphatic carbocycles. The van der Waals surface area contributed by atoms with Gasteiger partial charge in [-0.2, -0.15) is 6.07 Å². The molecule has 0 saturated carbocycles. The molecule has 0 amide bonds. The minimum atomic E-state index is 0. The zero-order valence-corrected chi connectivity index (χ0v) is 9.02. The maximum absolute atomic E-state index is 4.12. The van der Waals surface area contributed by atoms with E-state index < -0.39 is 0 Å². The van der Waals surface area contributed by atoms with Gasteiger partial charge in [-0.25, -0.2) is 12.1 Å². The van der Waals surface area contributed by atoms with Crippen LogP contribution < -0.4 is 5.32 Å². The number of pyridine rings is 1. The van der Waals surface area contributed by atoms with Gasteiger partial charge < -0.3 is 5.32 Å². The first-order valence-corrected chi connectivity index (χ1v) is 2.86. The molecule has 10 heavy (non-hydrogen) atoms. The van der Waals surface area contributed by atoms with Crippen molar-refractivity contribution in [3.05, 3.63) is 23.9 Å². The summed E-state index contributed by atoms with van der Waals surface area (Å²) in [6.07, 6.45) is 0. The molecule has 0 aliphatic rings. The van der Waals surface area contributed by atoms with Crippen molar-refractivity contribution in [2.45, 2.75) is 6.92 Å². The summed E-state index contributed by atoms with van der Waals surface area (Å²) >= 11 is 0. The maximum Gasteiger partial charge on any atom is 0.0310 e. The fraction of sp³-hybridized carbons (Fsp3) is 0.286. The Hall–Kier alpha value is 0.0539. The van der Waals surface area contributed by atoms with Gasteiger partial charge in [0.05, 0.1) is 0 Å². The molecule has 0 fully saturated rings. The Labute approximate surface area is 86.3 Å². The van der Waals surface area contributed by atoms with Gasteiger partial charge in [0.1, 0.15) is 0 Å². The SMILES string of the molecule is CNc1[c-]ccc(C)n1.[Y]. The summed E-state index contributed by atoms with van der Waals surface area (Å²) < 4.78 is 0. The van der Waals surface area contributed by atoms with E-state index in [2.05, 4.69) is 16.4 Å². The number of hydrogen-bond acceptors (Lipinski definition) is 2. The smallest absolute Gasteiger partial charge is 0.0310 e. The largest absolute Gasteiger partial charge is 0.389 e. The van der Waals surface area contributed by atoms with E-state index in [4.69, 9.17) is 0 Å². The second-order valence-corrected chi connectivity index (χ2v) is 1.83. The van der Waals surface area contributed by atoms with Crippen LogP contribution in [0.25, 0.3) is 0 Å². The van der Waals surface area contributed by atoms with Gasteiger partial charge >= 0.3 is 0 Å². The van der Waals surface area contributed by atoms with Crippen LogP contribution in [0, 0.1) is 13.0 Å². The predicted octanol–water partition coefficient (Wildman–Crippen LogP) is 1.23. The van der Waals surface area contributed by atoms with Crippen LogP contribution in [0.15, 0.2) is 12.1 Å². The third-order valence-corrected chi connectivity index (χ3v) is 1.07. The van der Waals surface area contributed by atoms with Crippen molar-refractivity contribution in [1.82, 2.24) is 4.98 Å². The maximum atomic E-state index is 4.12. The van der Waals surface area contributed by atoms with Crippen LogP contribution in [0.5, 0.6) is 0 Å². The number of anilines is 1. The van der Waals surface area contributed by atoms with Gasteiger partial charge in [0.25, 0.3) is 0 Å². The molecule has 0 aliphatic heterocycles. The van der Waals surface area contributed by atoms with Gasteiger partial charge in [0.2, 0.25) is 0 Å². The Balaban J connectivity index is 0.000000810. The summed E-state index contributed by atoms with van der Waals surface area (Å²) in [7, 11) is 1.83. The molecule has 1 N–H and O–H groups in total. The Bertz CT molecular complexity index is 201. The van der Waals surface area contributed by atoms with Crippen LogP contribution in [-0.2, 0) is 32.7 Å². The molecule has 2 nitrogen and oxygen atoms in total. The predicted molar refractivity (Wildman–Crippen MR) is 37.4 cm³/mol. The van der Waals surface area contributed by atoms with E-state index in [1.165, 1.54) is 0 Å². The van der Waals surface area contributed by atoms with E-state index in [9.17, 15) is 0 Å². The van der Waals surface area contributed by atoms with Crippen molar-refractivity contribution in [2.75, 3.05) is 12.4 Å². The molecular weight excluding hydrogens is 201 g/mol. The summed E-state index contributed by atoms with van der Waals surface area (Å²) in [6, 6.07) is 6.71. The fourth-order valence-corrected chi connectivity index (χ4v) is 0.615. The van der Waals surface area contributed by atoms with Gasteiger partial charge in [0, 0.05) is 45.6 Å². The zero-order valence-electron chi connectivity index (χ0n) is 6.18. The first-order valence-electron chi connectivity index (χ1n) is 2.86. The zero-order chi connectivity index (χ0) is 6.69. The quantitative estimate of drug-likeness (QED) is 0.705. The van der Waals surface area contributed by atoms with Gasteiger partial charge in [-0.15, -0.1) is 0 Å². The van der Waals surface area contributed by atoms with Crippen LogP contribution in [0.4, 0.5) is 5.82 Å². The summed E-state index contributed by atoms with van der Waals surface area (Å²) in [5, 5.41) is 2.90. The number of rotatable bonds is 1. The Kier molecular flexibility index (Phi) is 4.83.